The summed E-state index contributed by atoms with van der Waals surface area (Å²) in [6, 6.07) is 6.88. The monoisotopic (exact) mass is 422 g/mol. The quantitative estimate of drug-likeness (QED) is 0.696. The van der Waals surface area contributed by atoms with Crippen molar-refractivity contribution < 1.29 is 22.4 Å². The number of carbonyl (C=O) groups excluding carboxylic acids is 1. The minimum Gasteiger partial charge on any atom is -0.366 e. The Balaban J connectivity index is 1.31. The molecular formula is C21H22F4N4O. The Bertz CT molecular complexity index is 852. The molecule has 2 aromatic carbocycles. The molecule has 0 saturated carbocycles. The van der Waals surface area contributed by atoms with Gasteiger partial charge in [-0.3, -0.25) is 0 Å². The van der Waals surface area contributed by atoms with Gasteiger partial charge in [0.2, 0.25) is 0 Å². The SMILES string of the molecule is O=C(N1CCN(c2ccc(F)cc2F)CC1)N1CCN(c2ccc(F)cc2F)CC1. The Morgan fingerprint density at radius 1 is 0.600 bits per heavy atom. The Labute approximate surface area is 172 Å². The summed E-state index contributed by atoms with van der Waals surface area (Å²) in [5.41, 5.74) is 0.664. The molecule has 2 aromatic rings. The van der Waals surface area contributed by atoms with E-state index in [0.717, 1.165) is 12.1 Å². The van der Waals surface area contributed by atoms with Gasteiger partial charge in [0.1, 0.15) is 23.3 Å². The van der Waals surface area contributed by atoms with Gasteiger partial charge < -0.3 is 19.6 Å². The molecule has 30 heavy (non-hydrogen) atoms. The Kier molecular flexibility index (Phi) is 5.69. The number of nitrogens with zero attached hydrogens (tertiary/aromatic N) is 4. The fourth-order valence-corrected chi connectivity index (χ4v) is 3.95. The maximum Gasteiger partial charge on any atom is 0.320 e. The van der Waals surface area contributed by atoms with Gasteiger partial charge in [-0.15, -0.1) is 0 Å². The molecule has 0 aromatic heterocycles. The lowest BCUT2D eigenvalue weighted by Gasteiger charge is -2.41. The number of carbonyl (C=O) groups is 1. The van der Waals surface area contributed by atoms with Crippen molar-refractivity contribution in [2.24, 2.45) is 0 Å². The van der Waals surface area contributed by atoms with E-state index >= 15 is 0 Å². The van der Waals surface area contributed by atoms with Crippen molar-refractivity contribution in [2.75, 3.05) is 62.2 Å². The van der Waals surface area contributed by atoms with Crippen molar-refractivity contribution >= 4 is 17.4 Å². The largest absolute Gasteiger partial charge is 0.366 e. The van der Waals surface area contributed by atoms with E-state index in [1.165, 1.54) is 24.3 Å². The van der Waals surface area contributed by atoms with Gasteiger partial charge in [-0.2, -0.15) is 0 Å². The molecule has 0 unspecified atom stereocenters. The number of hydrogen-bond acceptors (Lipinski definition) is 3. The number of amides is 2. The van der Waals surface area contributed by atoms with E-state index in [-0.39, 0.29) is 6.03 Å². The van der Waals surface area contributed by atoms with Crippen LogP contribution in [-0.2, 0) is 0 Å². The second-order valence-electron chi connectivity index (χ2n) is 7.42. The van der Waals surface area contributed by atoms with E-state index in [9.17, 15) is 22.4 Å². The molecule has 9 heteroatoms. The van der Waals surface area contributed by atoms with Crippen LogP contribution < -0.4 is 9.80 Å². The first-order chi connectivity index (χ1) is 14.4. The number of piperazine rings is 2. The van der Waals surface area contributed by atoms with Gasteiger partial charge in [-0.25, -0.2) is 22.4 Å². The molecule has 2 aliphatic rings. The maximum absolute atomic E-state index is 14.0. The Hall–Kier alpha value is -2.97. The van der Waals surface area contributed by atoms with E-state index in [1.54, 1.807) is 19.6 Å². The number of halogens is 4. The summed E-state index contributed by atoms with van der Waals surface area (Å²) < 4.78 is 54.2. The fraction of sp³-hybridized carbons (Fsp3) is 0.381. The molecule has 0 atom stereocenters. The fourth-order valence-electron chi connectivity index (χ4n) is 3.95. The third-order valence-corrected chi connectivity index (χ3v) is 5.60. The highest BCUT2D eigenvalue weighted by atomic mass is 19.1. The zero-order valence-electron chi connectivity index (χ0n) is 16.3. The van der Waals surface area contributed by atoms with E-state index in [0.29, 0.717) is 63.7 Å². The van der Waals surface area contributed by atoms with Gasteiger partial charge in [0, 0.05) is 64.5 Å². The highest BCUT2D eigenvalue weighted by molar-refractivity contribution is 5.75. The summed E-state index contributed by atoms with van der Waals surface area (Å²) in [7, 11) is 0. The topological polar surface area (TPSA) is 30.0 Å². The Morgan fingerprint density at radius 3 is 1.30 bits per heavy atom. The summed E-state index contributed by atoms with van der Waals surface area (Å²) in [4.78, 5) is 19.9. The van der Waals surface area contributed by atoms with Gasteiger partial charge in [0.25, 0.3) is 0 Å². The number of anilines is 2. The van der Waals surface area contributed by atoms with Gasteiger partial charge in [-0.1, -0.05) is 0 Å². The number of benzene rings is 2. The van der Waals surface area contributed by atoms with Gasteiger partial charge >= 0.3 is 6.03 Å². The smallest absolute Gasteiger partial charge is 0.320 e. The van der Waals surface area contributed by atoms with E-state index in [1.807, 2.05) is 0 Å². The molecule has 2 heterocycles. The highest BCUT2D eigenvalue weighted by Gasteiger charge is 2.29. The third kappa shape index (κ3) is 4.15. The molecule has 160 valence electrons. The van der Waals surface area contributed by atoms with Crippen molar-refractivity contribution in [3.05, 3.63) is 59.7 Å². The van der Waals surface area contributed by atoms with Gasteiger partial charge in [0.15, 0.2) is 0 Å². The lowest BCUT2D eigenvalue weighted by atomic mass is 10.2. The summed E-state index contributed by atoms with van der Waals surface area (Å²) in [5, 5.41) is 0. The van der Waals surface area contributed by atoms with Crippen LogP contribution in [0.5, 0.6) is 0 Å². The van der Waals surface area contributed by atoms with Crippen LogP contribution >= 0.6 is 0 Å². The van der Waals surface area contributed by atoms with E-state index in [4.69, 9.17) is 0 Å². The molecule has 2 fully saturated rings. The molecule has 4 rings (SSSR count). The average Bonchev–Trinajstić information content (AvgIpc) is 2.74. The van der Waals surface area contributed by atoms with Crippen molar-refractivity contribution in [2.45, 2.75) is 0 Å². The Morgan fingerprint density at radius 2 is 0.967 bits per heavy atom. The summed E-state index contributed by atoms with van der Waals surface area (Å²) >= 11 is 0. The molecule has 0 bridgehead atoms. The van der Waals surface area contributed by atoms with Crippen LogP contribution in [-0.4, -0.2) is 68.2 Å². The van der Waals surface area contributed by atoms with Crippen LogP contribution in [0.4, 0.5) is 33.7 Å². The molecule has 2 amide bonds. The molecule has 5 nitrogen and oxygen atoms in total. The minimum atomic E-state index is -0.621. The number of hydrogen-bond donors (Lipinski definition) is 0. The predicted molar refractivity (Wildman–Crippen MR) is 106 cm³/mol. The second kappa shape index (κ2) is 8.41. The molecule has 2 saturated heterocycles. The molecule has 0 spiro atoms. The second-order valence-corrected chi connectivity index (χ2v) is 7.42. The highest BCUT2D eigenvalue weighted by Crippen LogP contribution is 2.24. The summed E-state index contributed by atoms with van der Waals surface area (Å²) in [6.07, 6.45) is 0. The zero-order chi connectivity index (χ0) is 21.3. The predicted octanol–water partition coefficient (Wildman–Crippen LogP) is 3.31. The van der Waals surface area contributed by atoms with Crippen molar-refractivity contribution in [3.8, 4) is 0 Å². The maximum atomic E-state index is 14.0. The average molecular weight is 422 g/mol. The summed E-state index contributed by atoms with van der Waals surface area (Å²) in [5.74, 6) is -2.47. The van der Waals surface area contributed by atoms with Crippen LogP contribution in [0.1, 0.15) is 0 Å². The van der Waals surface area contributed by atoms with Crippen LogP contribution in [0.3, 0.4) is 0 Å². The standard InChI is InChI=1S/C21H22F4N4O/c22-15-1-3-19(17(24)13-15)26-5-9-28(10-6-26)21(30)29-11-7-27(8-12-29)20-4-2-16(23)14-18(20)25/h1-4,13-14H,5-12H2. The van der Waals surface area contributed by atoms with E-state index in [2.05, 4.69) is 0 Å². The van der Waals surface area contributed by atoms with Gasteiger partial charge in [-0.05, 0) is 24.3 Å². The molecule has 0 aliphatic carbocycles. The van der Waals surface area contributed by atoms with Crippen LogP contribution in [0.15, 0.2) is 36.4 Å². The van der Waals surface area contributed by atoms with Crippen LogP contribution in [0, 0.1) is 23.3 Å². The number of urea groups is 1. The van der Waals surface area contributed by atoms with Crippen LogP contribution in [0.2, 0.25) is 0 Å². The first kappa shape index (κ1) is 20.3. The minimum absolute atomic E-state index is 0.103. The van der Waals surface area contributed by atoms with E-state index < -0.39 is 23.3 Å². The normalized spacial score (nSPS) is 17.5. The molecule has 2 aliphatic heterocycles. The van der Waals surface area contributed by atoms with Crippen LogP contribution in [0.25, 0.3) is 0 Å². The lowest BCUT2D eigenvalue weighted by Crippen LogP contribution is -2.57. The first-order valence-corrected chi connectivity index (χ1v) is 9.86. The third-order valence-electron chi connectivity index (χ3n) is 5.60. The van der Waals surface area contributed by atoms with Crippen molar-refractivity contribution in [3.63, 3.8) is 0 Å². The molecule has 0 radical (unpaired) electrons. The zero-order valence-corrected chi connectivity index (χ0v) is 16.3. The number of rotatable bonds is 2. The van der Waals surface area contributed by atoms with Crippen molar-refractivity contribution in [1.29, 1.82) is 0 Å². The molecular weight excluding hydrogens is 400 g/mol. The molecule has 0 N–H and O–H groups in total. The summed E-state index contributed by atoms with van der Waals surface area (Å²) in [6.45, 7) is 3.55. The van der Waals surface area contributed by atoms with Crippen molar-refractivity contribution in [1.82, 2.24) is 9.80 Å². The van der Waals surface area contributed by atoms with Gasteiger partial charge in [0.05, 0.1) is 11.4 Å². The lowest BCUT2D eigenvalue weighted by molar-refractivity contribution is 0.147. The first-order valence-electron chi connectivity index (χ1n) is 9.86.